The van der Waals surface area contributed by atoms with Crippen LogP contribution in [0.4, 0.5) is 4.39 Å². The number of carbonyl (C=O) groups excluding carboxylic acids is 1. The maximum absolute atomic E-state index is 13.0. The third-order valence-electron chi connectivity index (χ3n) is 3.94. The van der Waals surface area contributed by atoms with E-state index < -0.39 is 0 Å². The Hall–Kier alpha value is -1.42. The van der Waals surface area contributed by atoms with Gasteiger partial charge in [0.1, 0.15) is 5.82 Å². The maximum Gasteiger partial charge on any atom is 0.222 e. The number of hydrogen-bond acceptors (Lipinski definition) is 2. The van der Waals surface area contributed by atoms with Crippen molar-refractivity contribution in [1.29, 1.82) is 0 Å². The molecule has 1 fully saturated rings. The van der Waals surface area contributed by atoms with E-state index >= 15 is 0 Å². The Kier molecular flexibility index (Phi) is 5.12. The summed E-state index contributed by atoms with van der Waals surface area (Å²) < 4.78 is 13.0. The number of rotatable bonds is 7. The van der Waals surface area contributed by atoms with Crippen LogP contribution in [0.1, 0.15) is 31.7 Å². The predicted octanol–water partition coefficient (Wildman–Crippen LogP) is 2.25. The van der Waals surface area contributed by atoms with Gasteiger partial charge in [-0.2, -0.15) is 0 Å². The van der Waals surface area contributed by atoms with Crippen LogP contribution in [0, 0.1) is 17.7 Å². The summed E-state index contributed by atoms with van der Waals surface area (Å²) in [5.74, 6) is 0.329. The highest BCUT2D eigenvalue weighted by molar-refractivity contribution is 5.78. The molecule has 4 heteroatoms. The number of halogens is 1. The van der Waals surface area contributed by atoms with Crippen LogP contribution >= 0.6 is 0 Å². The van der Waals surface area contributed by atoms with E-state index in [1.165, 1.54) is 25.0 Å². The highest BCUT2D eigenvalue weighted by Gasteiger charge is 2.28. The zero-order chi connectivity index (χ0) is 14.5. The average molecular weight is 278 g/mol. The molecule has 0 saturated heterocycles. The molecule has 1 aliphatic carbocycles. The summed E-state index contributed by atoms with van der Waals surface area (Å²) in [7, 11) is 0. The van der Waals surface area contributed by atoms with Gasteiger partial charge in [0.05, 0.1) is 0 Å². The summed E-state index contributed by atoms with van der Waals surface area (Å²) in [4.78, 5) is 11.9. The van der Waals surface area contributed by atoms with E-state index in [-0.39, 0.29) is 23.7 Å². The van der Waals surface area contributed by atoms with Gasteiger partial charge in [-0.3, -0.25) is 4.79 Å². The first kappa shape index (κ1) is 15.0. The van der Waals surface area contributed by atoms with E-state index in [1.54, 1.807) is 6.07 Å². The van der Waals surface area contributed by atoms with Gasteiger partial charge < -0.3 is 11.1 Å². The lowest BCUT2D eigenvalue weighted by molar-refractivity contribution is -0.124. The first-order chi connectivity index (χ1) is 9.56. The van der Waals surface area contributed by atoms with Crippen molar-refractivity contribution in [2.75, 3.05) is 6.54 Å². The van der Waals surface area contributed by atoms with Crippen molar-refractivity contribution < 1.29 is 9.18 Å². The monoisotopic (exact) mass is 278 g/mol. The van der Waals surface area contributed by atoms with Crippen molar-refractivity contribution in [3.63, 3.8) is 0 Å². The molecule has 0 aromatic heterocycles. The molecule has 1 saturated carbocycles. The van der Waals surface area contributed by atoms with Crippen molar-refractivity contribution >= 4 is 5.91 Å². The van der Waals surface area contributed by atoms with E-state index in [0.29, 0.717) is 25.3 Å². The molecule has 1 aromatic carbocycles. The molecule has 2 unspecified atom stereocenters. The van der Waals surface area contributed by atoms with E-state index in [4.69, 9.17) is 5.73 Å². The van der Waals surface area contributed by atoms with Gasteiger partial charge in [-0.05, 0) is 49.3 Å². The summed E-state index contributed by atoms with van der Waals surface area (Å²) in [6, 6.07) is 6.63. The fourth-order valence-corrected chi connectivity index (χ4v) is 2.29. The maximum atomic E-state index is 13.0. The van der Waals surface area contributed by atoms with Gasteiger partial charge in [0, 0.05) is 18.5 Å². The Morgan fingerprint density at radius 2 is 2.25 bits per heavy atom. The molecular formula is C16H23FN2O. The van der Waals surface area contributed by atoms with Crippen molar-refractivity contribution in [2.45, 2.75) is 38.6 Å². The van der Waals surface area contributed by atoms with Crippen LogP contribution in [0.5, 0.6) is 0 Å². The molecule has 1 aromatic rings. The molecule has 3 N–H and O–H groups in total. The normalized spacial score (nSPS) is 17.6. The van der Waals surface area contributed by atoms with Crippen LogP contribution in [0.3, 0.4) is 0 Å². The quantitative estimate of drug-likeness (QED) is 0.803. The molecule has 1 aliphatic rings. The third kappa shape index (κ3) is 4.60. The van der Waals surface area contributed by atoms with Crippen LogP contribution in [0.25, 0.3) is 0 Å². The summed E-state index contributed by atoms with van der Waals surface area (Å²) >= 11 is 0. The van der Waals surface area contributed by atoms with Gasteiger partial charge in [0.2, 0.25) is 5.91 Å². The van der Waals surface area contributed by atoms with Gasteiger partial charge >= 0.3 is 0 Å². The molecule has 0 spiro atoms. The lowest BCUT2D eigenvalue weighted by Crippen LogP contribution is -2.40. The summed E-state index contributed by atoms with van der Waals surface area (Å²) in [5.41, 5.74) is 6.88. The molecule has 20 heavy (non-hydrogen) atoms. The van der Waals surface area contributed by atoms with E-state index in [0.717, 1.165) is 5.56 Å². The van der Waals surface area contributed by atoms with Gasteiger partial charge in [0.15, 0.2) is 0 Å². The molecular weight excluding hydrogens is 255 g/mol. The smallest absolute Gasteiger partial charge is 0.222 e. The summed E-state index contributed by atoms with van der Waals surface area (Å²) in [6.07, 6.45) is 3.80. The number of nitrogens with two attached hydrogens (primary N) is 1. The van der Waals surface area contributed by atoms with Crippen LogP contribution in [-0.2, 0) is 11.2 Å². The number of benzene rings is 1. The molecule has 0 aliphatic heterocycles. The fourth-order valence-electron chi connectivity index (χ4n) is 2.29. The van der Waals surface area contributed by atoms with Gasteiger partial charge in [-0.1, -0.05) is 19.1 Å². The Labute approximate surface area is 119 Å². The molecule has 0 heterocycles. The van der Waals surface area contributed by atoms with Crippen molar-refractivity contribution in [3.05, 3.63) is 35.6 Å². The SMILES string of the molecule is CC(CCc1cccc(F)c1)C(=O)NCC(N)C1CC1. The Morgan fingerprint density at radius 3 is 2.90 bits per heavy atom. The average Bonchev–Trinajstić information content (AvgIpc) is 3.26. The third-order valence-corrected chi connectivity index (χ3v) is 3.94. The second kappa shape index (κ2) is 6.84. The largest absolute Gasteiger partial charge is 0.354 e. The number of aryl methyl sites for hydroxylation is 1. The second-order valence-corrected chi connectivity index (χ2v) is 5.82. The van der Waals surface area contributed by atoms with Crippen LogP contribution in [-0.4, -0.2) is 18.5 Å². The van der Waals surface area contributed by atoms with Crippen LogP contribution in [0.15, 0.2) is 24.3 Å². The molecule has 3 nitrogen and oxygen atoms in total. The minimum atomic E-state index is -0.227. The van der Waals surface area contributed by atoms with Crippen molar-refractivity contribution in [1.82, 2.24) is 5.32 Å². The fraction of sp³-hybridized carbons (Fsp3) is 0.562. The molecule has 2 rings (SSSR count). The Bertz CT molecular complexity index is 460. The van der Waals surface area contributed by atoms with E-state index in [1.807, 2.05) is 13.0 Å². The van der Waals surface area contributed by atoms with Crippen molar-refractivity contribution in [3.8, 4) is 0 Å². The Morgan fingerprint density at radius 1 is 1.50 bits per heavy atom. The van der Waals surface area contributed by atoms with Gasteiger partial charge in [-0.15, -0.1) is 0 Å². The van der Waals surface area contributed by atoms with E-state index in [9.17, 15) is 9.18 Å². The highest BCUT2D eigenvalue weighted by Crippen LogP contribution is 2.31. The first-order valence-electron chi connectivity index (χ1n) is 7.34. The van der Waals surface area contributed by atoms with E-state index in [2.05, 4.69) is 5.32 Å². The zero-order valence-electron chi connectivity index (χ0n) is 11.9. The molecule has 0 bridgehead atoms. The lowest BCUT2D eigenvalue weighted by Gasteiger charge is -2.15. The predicted molar refractivity (Wildman–Crippen MR) is 77.6 cm³/mol. The van der Waals surface area contributed by atoms with Gasteiger partial charge in [0.25, 0.3) is 0 Å². The molecule has 0 radical (unpaired) electrons. The summed E-state index contributed by atoms with van der Waals surface area (Å²) in [5, 5.41) is 2.91. The number of amides is 1. The van der Waals surface area contributed by atoms with Gasteiger partial charge in [-0.25, -0.2) is 4.39 Å². The zero-order valence-corrected chi connectivity index (χ0v) is 11.9. The number of hydrogen-bond donors (Lipinski definition) is 2. The topological polar surface area (TPSA) is 55.1 Å². The summed E-state index contributed by atoms with van der Waals surface area (Å²) in [6.45, 7) is 2.46. The minimum Gasteiger partial charge on any atom is -0.354 e. The number of nitrogens with one attached hydrogen (secondary N) is 1. The minimum absolute atomic E-state index is 0.0394. The van der Waals surface area contributed by atoms with Crippen LogP contribution in [0.2, 0.25) is 0 Å². The molecule has 1 amide bonds. The molecule has 2 atom stereocenters. The lowest BCUT2D eigenvalue weighted by atomic mass is 10.00. The molecule has 110 valence electrons. The van der Waals surface area contributed by atoms with Crippen molar-refractivity contribution in [2.24, 2.45) is 17.6 Å². The standard InChI is InChI=1S/C16H23FN2O/c1-11(5-6-12-3-2-4-14(17)9-12)16(20)19-10-15(18)13-7-8-13/h2-4,9,11,13,15H,5-8,10,18H2,1H3,(H,19,20). The number of carbonyl (C=O) groups is 1. The Balaban J connectivity index is 1.70. The second-order valence-electron chi connectivity index (χ2n) is 5.82. The van der Waals surface area contributed by atoms with Crippen LogP contribution < -0.4 is 11.1 Å². The highest BCUT2D eigenvalue weighted by atomic mass is 19.1. The first-order valence-corrected chi connectivity index (χ1v) is 7.34.